The molecule has 5 N–H and O–H groups in total. The largest absolute Gasteiger partial charge is 0.470 e. The van der Waals surface area contributed by atoms with Crippen LogP contribution in [-0.2, 0) is 14.3 Å². The van der Waals surface area contributed by atoms with Crippen LogP contribution in [0.3, 0.4) is 0 Å². The number of hydrogen-bond donors (Lipinski definition) is 4. The summed E-state index contributed by atoms with van der Waals surface area (Å²) in [6.45, 7) is 1.65. The van der Waals surface area contributed by atoms with Gasteiger partial charge in [0.1, 0.15) is 11.5 Å². The number of allylic oxidation sites excluding steroid dienone is 2. The summed E-state index contributed by atoms with van der Waals surface area (Å²) in [5.41, 5.74) is 6.47. The number of nitrogens with two attached hydrogens (primary N) is 1. The number of ether oxygens (including phenoxy) is 1. The molecule has 1 aliphatic carbocycles. The van der Waals surface area contributed by atoms with Crippen molar-refractivity contribution >= 4 is 17.6 Å². The third-order valence-electron chi connectivity index (χ3n) is 4.49. The fourth-order valence-corrected chi connectivity index (χ4v) is 2.53. The predicted molar refractivity (Wildman–Crippen MR) is 108 cm³/mol. The lowest BCUT2D eigenvalue weighted by molar-refractivity contribution is -0.165. The summed E-state index contributed by atoms with van der Waals surface area (Å²) in [5.74, 6) is -0.577. The van der Waals surface area contributed by atoms with Gasteiger partial charge in [-0.05, 0) is 50.5 Å². The summed E-state index contributed by atoms with van der Waals surface area (Å²) < 4.78 is 41.3. The molecule has 0 radical (unpaired) electrons. The van der Waals surface area contributed by atoms with Gasteiger partial charge in [-0.3, -0.25) is 9.59 Å². The molecule has 1 aliphatic rings. The second-order valence-electron chi connectivity index (χ2n) is 7.19. The van der Waals surface area contributed by atoms with Gasteiger partial charge in [0.15, 0.2) is 12.5 Å². The lowest BCUT2D eigenvalue weighted by Gasteiger charge is -2.17. The zero-order valence-corrected chi connectivity index (χ0v) is 17.5. The molecule has 0 aliphatic heterocycles. The van der Waals surface area contributed by atoms with E-state index in [0.29, 0.717) is 11.4 Å². The van der Waals surface area contributed by atoms with E-state index in [1.54, 1.807) is 19.1 Å². The topological polar surface area (TPSA) is 118 Å². The first-order valence-electron chi connectivity index (χ1n) is 9.63. The number of nitrogens with one attached hydrogen (secondary N) is 3. The smallest absolute Gasteiger partial charge is 0.422 e. The van der Waals surface area contributed by atoms with E-state index < -0.39 is 30.6 Å². The van der Waals surface area contributed by atoms with Crippen LogP contribution < -0.4 is 21.7 Å². The highest BCUT2D eigenvalue weighted by Crippen LogP contribution is 2.30. The first-order chi connectivity index (χ1) is 14.5. The molecule has 0 bridgehead atoms. The van der Waals surface area contributed by atoms with Crippen LogP contribution in [-0.4, -0.2) is 36.6 Å². The molecule has 11 heteroatoms. The monoisotopic (exact) mass is 441 g/mol. The molecule has 1 aromatic rings. The Labute approximate surface area is 178 Å². The highest BCUT2D eigenvalue weighted by molar-refractivity contribution is 5.94. The molecular formula is C20H26F3N5O3. The molecule has 0 saturated heterocycles. The van der Waals surface area contributed by atoms with Gasteiger partial charge in [0.25, 0.3) is 5.91 Å². The van der Waals surface area contributed by atoms with E-state index >= 15 is 0 Å². The first kappa shape index (κ1) is 24.0. The quantitative estimate of drug-likeness (QED) is 0.266. The van der Waals surface area contributed by atoms with Crippen LogP contribution in [0.2, 0.25) is 0 Å². The van der Waals surface area contributed by atoms with Gasteiger partial charge in [0.05, 0.1) is 6.04 Å². The van der Waals surface area contributed by atoms with E-state index in [4.69, 9.17) is 5.73 Å². The maximum Gasteiger partial charge on any atom is 0.422 e. The Morgan fingerprint density at radius 2 is 2.06 bits per heavy atom. The number of nitrogens with zero attached hydrogens (tertiary/aromatic N) is 1. The van der Waals surface area contributed by atoms with Gasteiger partial charge in [-0.25, -0.2) is 4.98 Å². The van der Waals surface area contributed by atoms with E-state index in [1.165, 1.54) is 26.2 Å². The van der Waals surface area contributed by atoms with E-state index in [-0.39, 0.29) is 23.1 Å². The van der Waals surface area contributed by atoms with Gasteiger partial charge in [-0.15, -0.1) is 0 Å². The Morgan fingerprint density at radius 1 is 1.39 bits per heavy atom. The van der Waals surface area contributed by atoms with Crippen LogP contribution in [0.15, 0.2) is 41.6 Å². The first-order valence-corrected chi connectivity index (χ1v) is 9.63. The van der Waals surface area contributed by atoms with Gasteiger partial charge < -0.3 is 26.4 Å². The van der Waals surface area contributed by atoms with E-state index in [2.05, 4.69) is 25.7 Å². The molecule has 170 valence electrons. The van der Waals surface area contributed by atoms with Crippen LogP contribution in [0.1, 0.15) is 38.3 Å². The van der Waals surface area contributed by atoms with Gasteiger partial charge in [0, 0.05) is 24.7 Å². The van der Waals surface area contributed by atoms with Crippen LogP contribution in [0.4, 0.5) is 19.0 Å². The number of alkyl halides is 3. The van der Waals surface area contributed by atoms with Crippen LogP contribution in [0.5, 0.6) is 0 Å². The number of rotatable bonds is 9. The molecule has 0 aromatic carbocycles. The molecule has 2 rings (SSSR count). The Hall–Kier alpha value is -3.24. The average Bonchev–Trinajstić information content (AvgIpc) is 3.54. The van der Waals surface area contributed by atoms with E-state index in [0.717, 1.165) is 12.8 Å². The molecule has 2 amide bonds. The number of likely N-dealkylation sites (N-methyl/N-ethyl adjacent to an activating group) is 1. The molecule has 0 spiro atoms. The number of anilines is 1. The Bertz CT molecular complexity index is 879. The molecule has 1 heterocycles. The maximum absolute atomic E-state index is 12.6. The van der Waals surface area contributed by atoms with Crippen molar-refractivity contribution < 1.29 is 27.5 Å². The molecular weight excluding hydrogens is 415 g/mol. The molecule has 1 saturated carbocycles. The fraction of sp³-hybridized carbons (Fsp3) is 0.450. The number of carbonyl (C=O) groups excluding carboxylic acids is 2. The zero-order chi connectivity index (χ0) is 23.2. The number of hydrogen-bond acceptors (Lipinski definition) is 6. The average molecular weight is 441 g/mol. The summed E-state index contributed by atoms with van der Waals surface area (Å²) in [7, 11) is 1.49. The summed E-state index contributed by atoms with van der Waals surface area (Å²) in [6.07, 6.45) is 0.0464. The second kappa shape index (κ2) is 10.2. The molecule has 31 heavy (non-hydrogen) atoms. The third-order valence-corrected chi connectivity index (χ3v) is 4.49. The lowest BCUT2D eigenvalue weighted by atomic mass is 10.1. The van der Waals surface area contributed by atoms with Gasteiger partial charge in [-0.2, -0.15) is 13.2 Å². The molecule has 8 nitrogen and oxygen atoms in total. The normalized spacial score (nSPS) is 16.1. The summed E-state index contributed by atoms with van der Waals surface area (Å²) in [5, 5.41) is 8.20. The summed E-state index contributed by atoms with van der Waals surface area (Å²) in [4.78, 5) is 28.6. The number of amides is 2. The number of aromatic nitrogens is 1. The highest BCUT2D eigenvalue weighted by Gasteiger charge is 2.30. The summed E-state index contributed by atoms with van der Waals surface area (Å²) >= 11 is 0. The molecule has 1 atom stereocenters. The van der Waals surface area contributed by atoms with E-state index in [9.17, 15) is 22.8 Å². The van der Waals surface area contributed by atoms with E-state index in [1.807, 2.05) is 0 Å². The van der Waals surface area contributed by atoms with Crippen molar-refractivity contribution in [1.29, 1.82) is 0 Å². The minimum Gasteiger partial charge on any atom is -0.470 e. The predicted octanol–water partition coefficient (Wildman–Crippen LogP) is 2.48. The maximum atomic E-state index is 12.6. The van der Waals surface area contributed by atoms with Crippen molar-refractivity contribution in [2.24, 2.45) is 11.7 Å². The minimum atomic E-state index is -4.52. The minimum absolute atomic E-state index is 0.0368. The number of halogens is 3. The van der Waals surface area contributed by atoms with Crippen molar-refractivity contribution in [3.05, 3.63) is 47.1 Å². The molecule has 1 aromatic heterocycles. The van der Waals surface area contributed by atoms with Crippen molar-refractivity contribution in [3.8, 4) is 0 Å². The fourth-order valence-electron chi connectivity index (χ4n) is 2.53. The van der Waals surface area contributed by atoms with Crippen molar-refractivity contribution in [2.45, 2.75) is 38.9 Å². The lowest BCUT2D eigenvalue weighted by Crippen LogP contribution is -2.32. The standard InChI is InChI=1S/C20H26F3N5O3/c1-11(17(24)31-10-20(21,22)23)8-15(25-3)19(30)27-12(2)14-6-7-26-16(9-14)28-18(29)13-4-5-13/h6-9,12-13,25H,4-5,10,24H2,1-3H3,(H,27,30)(H,26,28,29)/b15-8-,17-11+. The number of pyridine rings is 1. The van der Waals surface area contributed by atoms with Crippen molar-refractivity contribution in [1.82, 2.24) is 15.6 Å². The Morgan fingerprint density at radius 3 is 2.65 bits per heavy atom. The van der Waals surface area contributed by atoms with Gasteiger partial charge in [-0.1, -0.05) is 0 Å². The highest BCUT2D eigenvalue weighted by atomic mass is 19.4. The third kappa shape index (κ3) is 7.83. The Balaban J connectivity index is 2.04. The van der Waals surface area contributed by atoms with Gasteiger partial charge in [0.2, 0.25) is 5.91 Å². The second-order valence-corrected chi connectivity index (χ2v) is 7.19. The number of carbonyl (C=O) groups is 2. The van der Waals surface area contributed by atoms with Crippen LogP contribution >= 0.6 is 0 Å². The van der Waals surface area contributed by atoms with Crippen molar-refractivity contribution in [2.75, 3.05) is 19.0 Å². The Kier molecular flexibility index (Phi) is 7.89. The van der Waals surface area contributed by atoms with Crippen molar-refractivity contribution in [3.63, 3.8) is 0 Å². The summed E-state index contributed by atoms with van der Waals surface area (Å²) in [6, 6.07) is 2.93. The van der Waals surface area contributed by atoms with Crippen LogP contribution in [0.25, 0.3) is 0 Å². The zero-order valence-electron chi connectivity index (χ0n) is 17.5. The van der Waals surface area contributed by atoms with Crippen LogP contribution in [0, 0.1) is 5.92 Å². The molecule has 1 fully saturated rings. The molecule has 1 unspecified atom stereocenters. The van der Waals surface area contributed by atoms with Gasteiger partial charge >= 0.3 is 6.18 Å². The SMILES string of the molecule is CN/C(=C\C(C)=C(/N)OCC(F)(F)F)C(=O)NC(C)c1ccnc(NC(=O)C2CC2)c1.